The van der Waals surface area contributed by atoms with E-state index >= 15 is 0 Å². The molecule has 0 spiro atoms. The molecule has 306 valence electrons. The third-order valence-corrected chi connectivity index (χ3v) is 12.8. The van der Waals surface area contributed by atoms with Crippen molar-refractivity contribution in [2.75, 3.05) is 0 Å². The fourth-order valence-corrected chi connectivity index (χ4v) is 9.62. The topological polar surface area (TPSA) is 36.9 Å². The van der Waals surface area contributed by atoms with E-state index in [2.05, 4.69) is 181 Å². The van der Waals surface area contributed by atoms with Crippen LogP contribution in [-0.4, -0.2) is 0 Å². The molecule has 2 aliphatic carbocycles. The average molecular weight is 847 g/mol. The van der Waals surface area contributed by atoms with Crippen LogP contribution in [0.2, 0.25) is 0 Å². The maximum Gasteiger partial charge on any atom is 2.00 e. The Morgan fingerprint density at radius 2 is 0.614 bits per heavy atom. The van der Waals surface area contributed by atoms with Gasteiger partial charge in [0.1, 0.15) is 23.0 Å². The van der Waals surface area contributed by atoms with Gasteiger partial charge in [0.15, 0.2) is 0 Å². The molecular formula is C50H64FeO4P2. The SMILES string of the molecule is CC(C)(C)c1ccccc1OP(Oc1ccccc1C(C)(C)C)C1=CC[CH-]C1.CC(C)(C)c1ccccc1OP(Oc1ccccc1C(C)(C)C)C1=CC[CH-]C1.[Fe+2]. The van der Waals surface area contributed by atoms with E-state index in [0.717, 1.165) is 48.7 Å². The Labute approximate surface area is 358 Å². The van der Waals surface area contributed by atoms with Gasteiger partial charge in [-0.25, -0.2) is 0 Å². The third kappa shape index (κ3) is 13.0. The zero-order valence-electron chi connectivity index (χ0n) is 36.3. The second-order valence-corrected chi connectivity index (χ2v) is 21.6. The fraction of sp³-hybridized carbons (Fsp3) is 0.400. The van der Waals surface area contributed by atoms with Crippen LogP contribution in [0.25, 0.3) is 0 Å². The number of hydrogen-bond acceptors (Lipinski definition) is 4. The quantitative estimate of drug-likeness (QED) is 0.0905. The molecule has 0 radical (unpaired) electrons. The Balaban J connectivity index is 0.000000248. The summed E-state index contributed by atoms with van der Waals surface area (Å²) in [7, 11) is -2.42. The van der Waals surface area contributed by atoms with Gasteiger partial charge in [0.2, 0.25) is 0 Å². The number of benzene rings is 4. The van der Waals surface area contributed by atoms with E-state index in [9.17, 15) is 0 Å². The van der Waals surface area contributed by atoms with Gasteiger partial charge in [0, 0.05) is 0 Å². The summed E-state index contributed by atoms with van der Waals surface area (Å²) in [5, 5.41) is 2.50. The Bertz CT molecular complexity index is 1710. The summed E-state index contributed by atoms with van der Waals surface area (Å²) in [6.45, 7) is 26.6. The molecule has 2 aliphatic rings. The van der Waals surface area contributed by atoms with Gasteiger partial charge >= 0.3 is 33.8 Å². The molecule has 0 aromatic heterocycles. The first kappa shape index (κ1) is 46.6. The molecule has 0 bridgehead atoms. The Morgan fingerprint density at radius 1 is 0.386 bits per heavy atom. The van der Waals surface area contributed by atoms with Gasteiger partial charge in [-0.05, 0) is 78.8 Å². The number of allylic oxidation sites excluding steroid dienone is 4. The Kier molecular flexibility index (Phi) is 16.2. The van der Waals surface area contributed by atoms with Crippen molar-refractivity contribution in [1.82, 2.24) is 0 Å². The molecule has 4 nitrogen and oxygen atoms in total. The zero-order chi connectivity index (χ0) is 40.7. The molecule has 0 N–H and O–H groups in total. The molecular weight excluding hydrogens is 782 g/mol. The van der Waals surface area contributed by atoms with Gasteiger partial charge in [-0.15, -0.1) is 25.0 Å². The van der Waals surface area contributed by atoms with Crippen molar-refractivity contribution in [1.29, 1.82) is 0 Å². The van der Waals surface area contributed by atoms with Crippen molar-refractivity contribution in [2.45, 2.75) is 130 Å². The van der Waals surface area contributed by atoms with Crippen molar-refractivity contribution in [2.24, 2.45) is 0 Å². The van der Waals surface area contributed by atoms with E-state index in [-0.39, 0.29) is 38.7 Å². The van der Waals surface area contributed by atoms with E-state index in [4.69, 9.17) is 18.1 Å². The van der Waals surface area contributed by atoms with E-state index in [1.807, 2.05) is 24.3 Å². The largest absolute Gasteiger partial charge is 2.00 e. The molecule has 0 fully saturated rings. The zero-order valence-corrected chi connectivity index (χ0v) is 39.1. The molecule has 6 rings (SSSR count). The molecule has 0 aliphatic heterocycles. The van der Waals surface area contributed by atoms with Crippen LogP contribution in [-0.2, 0) is 38.7 Å². The van der Waals surface area contributed by atoms with Gasteiger partial charge in [-0.3, -0.25) is 0 Å². The Hall–Kier alpha value is -3.06. The molecule has 4 aromatic carbocycles. The van der Waals surface area contributed by atoms with E-state index in [0.29, 0.717) is 0 Å². The van der Waals surface area contributed by atoms with Gasteiger partial charge in [0.25, 0.3) is 0 Å². The number of hydrogen-bond donors (Lipinski definition) is 0. The molecule has 0 saturated heterocycles. The van der Waals surface area contributed by atoms with Crippen LogP contribution >= 0.6 is 16.8 Å². The molecule has 0 heterocycles. The summed E-state index contributed by atoms with van der Waals surface area (Å²) in [5.41, 5.74) is 4.87. The summed E-state index contributed by atoms with van der Waals surface area (Å²) in [6, 6.07) is 33.3. The van der Waals surface area contributed by atoms with Crippen LogP contribution in [0.5, 0.6) is 23.0 Å². The maximum absolute atomic E-state index is 6.58. The smallest absolute Gasteiger partial charge is 0.435 e. The maximum atomic E-state index is 6.58. The van der Waals surface area contributed by atoms with Gasteiger partial charge in [-0.2, -0.15) is 12.8 Å². The van der Waals surface area contributed by atoms with Crippen LogP contribution in [0.3, 0.4) is 0 Å². The minimum Gasteiger partial charge on any atom is -0.435 e. The van der Waals surface area contributed by atoms with Crippen molar-refractivity contribution in [3.63, 3.8) is 0 Å². The normalized spacial score (nSPS) is 14.6. The first-order chi connectivity index (χ1) is 26.3. The number of para-hydroxylation sites is 4. The predicted octanol–water partition coefficient (Wildman–Crippen LogP) is 15.9. The van der Waals surface area contributed by atoms with E-state index in [1.54, 1.807) is 0 Å². The minimum absolute atomic E-state index is 0. The summed E-state index contributed by atoms with van der Waals surface area (Å²) >= 11 is 0. The van der Waals surface area contributed by atoms with E-state index < -0.39 is 16.8 Å². The van der Waals surface area contributed by atoms with Crippen molar-refractivity contribution in [3.05, 3.63) is 155 Å². The summed E-state index contributed by atoms with van der Waals surface area (Å²) in [6.07, 6.45) is 12.9. The first-order valence-corrected chi connectivity index (χ1v) is 22.4. The molecule has 0 saturated carbocycles. The van der Waals surface area contributed by atoms with Gasteiger partial charge in [0.05, 0.1) is 0 Å². The molecule has 0 amide bonds. The molecule has 0 atom stereocenters. The number of rotatable bonds is 10. The Morgan fingerprint density at radius 3 is 0.807 bits per heavy atom. The van der Waals surface area contributed by atoms with Crippen molar-refractivity contribution >= 4 is 16.8 Å². The average Bonchev–Trinajstić information content (AvgIpc) is 3.87. The van der Waals surface area contributed by atoms with Gasteiger partial charge in [-0.1, -0.05) is 156 Å². The van der Waals surface area contributed by atoms with E-state index in [1.165, 1.54) is 32.9 Å². The van der Waals surface area contributed by atoms with Crippen LogP contribution in [0.4, 0.5) is 0 Å². The van der Waals surface area contributed by atoms with Crippen LogP contribution in [0.15, 0.2) is 120 Å². The second kappa shape index (κ2) is 19.8. The molecule has 0 unspecified atom stereocenters. The van der Waals surface area contributed by atoms with Gasteiger partial charge < -0.3 is 30.9 Å². The summed E-state index contributed by atoms with van der Waals surface area (Å²) < 4.78 is 26.3. The predicted molar refractivity (Wildman–Crippen MR) is 240 cm³/mol. The van der Waals surface area contributed by atoms with Crippen LogP contribution in [0.1, 0.15) is 131 Å². The summed E-state index contributed by atoms with van der Waals surface area (Å²) in [5.74, 6) is 3.67. The monoisotopic (exact) mass is 846 g/mol. The first-order valence-electron chi connectivity index (χ1n) is 20.0. The standard InChI is InChI=1S/2C25H32O2P.Fe/c2*1-24(2,3)20-15-9-11-17-22(20)26-28(19-13-7-8-14-19)27-23-18-12-10-16-21(23)25(4,5)6;/h2*7,9-12,14-18H,8,13H2,1-6H3;/q2*-1;+2. The fourth-order valence-electron chi connectivity index (χ4n) is 6.66. The van der Waals surface area contributed by atoms with Crippen molar-refractivity contribution < 1.29 is 35.2 Å². The van der Waals surface area contributed by atoms with Crippen LogP contribution < -0.4 is 18.1 Å². The second-order valence-electron chi connectivity index (χ2n) is 18.7. The molecule has 4 aromatic rings. The van der Waals surface area contributed by atoms with Crippen molar-refractivity contribution in [3.8, 4) is 23.0 Å². The minimum atomic E-state index is -1.21. The molecule has 57 heavy (non-hydrogen) atoms. The summed E-state index contributed by atoms with van der Waals surface area (Å²) in [4.78, 5) is 0. The third-order valence-electron chi connectivity index (χ3n) is 9.72. The van der Waals surface area contributed by atoms with Crippen LogP contribution in [0, 0.1) is 12.8 Å². The molecule has 7 heteroatoms.